The molecule has 4 nitrogen and oxygen atoms in total. The first kappa shape index (κ1) is 18.9. The van der Waals surface area contributed by atoms with Gasteiger partial charge in [-0.25, -0.2) is 18.5 Å². The standard InChI is InChI=1S/C17H14ClF3N2O2S/c18-15-8-11(9-23-16(15)17(19,20)21)14-3-1-2-13(14)10-4-6-12(7-5-10)26(22,24)25/h4-9H,1-3H2,(H2,22,24,25). The van der Waals surface area contributed by atoms with Gasteiger partial charge in [0.05, 0.1) is 9.92 Å². The van der Waals surface area contributed by atoms with E-state index >= 15 is 0 Å². The number of sulfonamides is 1. The second-order valence-corrected chi connectivity index (χ2v) is 7.90. The van der Waals surface area contributed by atoms with E-state index in [2.05, 4.69) is 4.98 Å². The van der Waals surface area contributed by atoms with Crippen LogP contribution in [0, 0.1) is 0 Å². The Morgan fingerprint density at radius 1 is 1.04 bits per heavy atom. The number of nitrogens with zero attached hydrogens (tertiary/aromatic N) is 1. The number of hydrogen-bond donors (Lipinski definition) is 1. The first-order chi connectivity index (χ1) is 12.1. The second-order valence-electron chi connectivity index (χ2n) is 5.93. The molecule has 0 spiro atoms. The Kier molecular flexibility index (Phi) is 4.85. The zero-order chi connectivity index (χ0) is 19.1. The zero-order valence-electron chi connectivity index (χ0n) is 13.3. The third kappa shape index (κ3) is 3.77. The fourth-order valence-electron chi connectivity index (χ4n) is 3.04. The van der Waals surface area contributed by atoms with Gasteiger partial charge in [-0.1, -0.05) is 23.7 Å². The van der Waals surface area contributed by atoms with E-state index in [9.17, 15) is 21.6 Å². The number of benzene rings is 1. The number of rotatable bonds is 3. The Bertz CT molecular complexity index is 984. The first-order valence-electron chi connectivity index (χ1n) is 7.66. The van der Waals surface area contributed by atoms with Crippen molar-refractivity contribution < 1.29 is 21.6 Å². The van der Waals surface area contributed by atoms with Crippen LogP contribution < -0.4 is 5.14 Å². The fraction of sp³-hybridized carbons (Fsp3) is 0.235. The average Bonchev–Trinajstić information content (AvgIpc) is 3.02. The van der Waals surface area contributed by atoms with Crippen LogP contribution in [0.5, 0.6) is 0 Å². The Morgan fingerprint density at radius 3 is 2.12 bits per heavy atom. The summed E-state index contributed by atoms with van der Waals surface area (Å²) in [5.41, 5.74) is 2.01. The molecule has 1 aliphatic rings. The van der Waals surface area contributed by atoms with Gasteiger partial charge in [-0.15, -0.1) is 0 Å². The van der Waals surface area contributed by atoms with Gasteiger partial charge in [-0.2, -0.15) is 13.2 Å². The van der Waals surface area contributed by atoms with Crippen molar-refractivity contribution in [3.05, 3.63) is 58.4 Å². The quantitative estimate of drug-likeness (QED) is 0.821. The number of hydrogen-bond acceptors (Lipinski definition) is 3. The number of allylic oxidation sites excluding steroid dienone is 2. The van der Waals surface area contributed by atoms with Crippen molar-refractivity contribution in [2.75, 3.05) is 0 Å². The van der Waals surface area contributed by atoms with Crippen molar-refractivity contribution in [3.63, 3.8) is 0 Å². The van der Waals surface area contributed by atoms with E-state index in [0.29, 0.717) is 12.0 Å². The molecule has 138 valence electrons. The highest BCUT2D eigenvalue weighted by atomic mass is 35.5. The minimum Gasteiger partial charge on any atom is -0.250 e. The number of alkyl halides is 3. The fourth-order valence-corrected chi connectivity index (χ4v) is 3.83. The van der Waals surface area contributed by atoms with Crippen LogP contribution in [-0.4, -0.2) is 13.4 Å². The number of halogens is 4. The van der Waals surface area contributed by atoms with E-state index in [4.69, 9.17) is 16.7 Å². The van der Waals surface area contributed by atoms with Crippen LogP contribution in [-0.2, 0) is 16.2 Å². The number of pyridine rings is 1. The molecule has 0 radical (unpaired) electrons. The summed E-state index contributed by atoms with van der Waals surface area (Å²) >= 11 is 5.77. The Labute approximate surface area is 153 Å². The van der Waals surface area contributed by atoms with Gasteiger partial charge < -0.3 is 0 Å². The highest BCUT2D eigenvalue weighted by Crippen LogP contribution is 2.41. The number of aromatic nitrogens is 1. The van der Waals surface area contributed by atoms with E-state index in [-0.39, 0.29) is 4.90 Å². The molecule has 0 saturated heterocycles. The van der Waals surface area contributed by atoms with Crippen molar-refractivity contribution in [2.45, 2.75) is 30.3 Å². The van der Waals surface area contributed by atoms with Crippen molar-refractivity contribution >= 4 is 32.8 Å². The van der Waals surface area contributed by atoms with E-state index in [1.54, 1.807) is 12.1 Å². The molecule has 1 heterocycles. The predicted molar refractivity (Wildman–Crippen MR) is 92.7 cm³/mol. The summed E-state index contributed by atoms with van der Waals surface area (Å²) in [7, 11) is -3.78. The highest BCUT2D eigenvalue weighted by molar-refractivity contribution is 7.89. The lowest BCUT2D eigenvalue weighted by Gasteiger charge is -2.12. The molecular formula is C17H14ClF3N2O2S. The molecule has 0 aliphatic heterocycles. The SMILES string of the molecule is NS(=O)(=O)c1ccc(C2=C(c3cnc(C(F)(F)F)c(Cl)c3)CCC2)cc1. The monoisotopic (exact) mass is 402 g/mol. The predicted octanol–water partition coefficient (Wildman–Crippen LogP) is 4.50. The normalized spacial score (nSPS) is 15.6. The molecule has 26 heavy (non-hydrogen) atoms. The van der Waals surface area contributed by atoms with Gasteiger partial charge in [0.15, 0.2) is 5.69 Å². The van der Waals surface area contributed by atoms with Crippen molar-refractivity contribution in [3.8, 4) is 0 Å². The van der Waals surface area contributed by atoms with Crippen molar-refractivity contribution in [1.82, 2.24) is 4.98 Å². The Balaban J connectivity index is 2.02. The Hall–Kier alpha value is -1.90. The smallest absolute Gasteiger partial charge is 0.250 e. The van der Waals surface area contributed by atoms with Gasteiger partial charge in [0.2, 0.25) is 10.0 Å². The third-order valence-corrected chi connectivity index (χ3v) is 5.42. The van der Waals surface area contributed by atoms with Crippen LogP contribution in [0.4, 0.5) is 13.2 Å². The maximum absolute atomic E-state index is 12.8. The van der Waals surface area contributed by atoms with Gasteiger partial charge in [-0.3, -0.25) is 0 Å². The van der Waals surface area contributed by atoms with Gasteiger partial charge in [-0.05, 0) is 59.7 Å². The minimum absolute atomic E-state index is 0.000591. The molecule has 0 unspecified atom stereocenters. The summed E-state index contributed by atoms with van der Waals surface area (Å²) in [6.07, 6.45) is -1.20. The van der Waals surface area contributed by atoms with Crippen molar-refractivity contribution in [1.29, 1.82) is 0 Å². The summed E-state index contributed by atoms with van der Waals surface area (Å²) in [5.74, 6) is 0. The molecule has 1 aliphatic carbocycles. The van der Waals surface area contributed by atoms with Crippen molar-refractivity contribution in [2.24, 2.45) is 5.14 Å². The summed E-state index contributed by atoms with van der Waals surface area (Å²) in [6, 6.07) is 7.37. The summed E-state index contributed by atoms with van der Waals surface area (Å²) < 4.78 is 61.2. The summed E-state index contributed by atoms with van der Waals surface area (Å²) in [4.78, 5) is 3.48. The summed E-state index contributed by atoms with van der Waals surface area (Å²) in [5, 5.41) is 4.64. The molecule has 1 aromatic carbocycles. The van der Waals surface area contributed by atoms with Crippen LogP contribution in [0.25, 0.3) is 11.1 Å². The lowest BCUT2D eigenvalue weighted by Crippen LogP contribution is -2.11. The van der Waals surface area contributed by atoms with Crippen LogP contribution in [0.1, 0.15) is 36.1 Å². The molecule has 1 aromatic heterocycles. The summed E-state index contributed by atoms with van der Waals surface area (Å²) in [6.45, 7) is 0. The van der Waals surface area contributed by atoms with Crippen LogP contribution >= 0.6 is 11.6 Å². The first-order valence-corrected chi connectivity index (χ1v) is 9.58. The Morgan fingerprint density at radius 2 is 1.62 bits per heavy atom. The minimum atomic E-state index is -4.61. The molecular weight excluding hydrogens is 389 g/mol. The van der Waals surface area contributed by atoms with E-state index in [1.807, 2.05) is 0 Å². The second kappa shape index (κ2) is 6.68. The van der Waals surface area contributed by atoms with E-state index in [1.165, 1.54) is 24.4 Å². The van der Waals surface area contributed by atoms with Gasteiger partial charge >= 0.3 is 6.18 Å². The molecule has 2 aromatic rings. The lowest BCUT2D eigenvalue weighted by atomic mass is 9.98. The van der Waals surface area contributed by atoms with E-state index in [0.717, 1.165) is 29.6 Å². The molecule has 2 N–H and O–H groups in total. The molecule has 0 bridgehead atoms. The van der Waals surface area contributed by atoms with Crippen LogP contribution in [0.3, 0.4) is 0 Å². The zero-order valence-corrected chi connectivity index (χ0v) is 14.9. The van der Waals surface area contributed by atoms with Gasteiger partial charge in [0.25, 0.3) is 0 Å². The van der Waals surface area contributed by atoms with Crippen LogP contribution in [0.15, 0.2) is 41.4 Å². The van der Waals surface area contributed by atoms with Gasteiger partial charge in [0, 0.05) is 6.20 Å². The molecule has 0 fully saturated rings. The maximum atomic E-state index is 12.8. The maximum Gasteiger partial charge on any atom is 0.434 e. The topological polar surface area (TPSA) is 73.1 Å². The highest BCUT2D eigenvalue weighted by Gasteiger charge is 2.35. The largest absolute Gasteiger partial charge is 0.434 e. The van der Waals surface area contributed by atoms with Gasteiger partial charge in [0.1, 0.15) is 0 Å². The number of primary sulfonamides is 1. The lowest BCUT2D eigenvalue weighted by molar-refractivity contribution is -0.141. The molecule has 0 amide bonds. The third-order valence-electron chi connectivity index (χ3n) is 4.21. The number of nitrogens with two attached hydrogens (primary N) is 1. The van der Waals surface area contributed by atoms with E-state index < -0.39 is 26.9 Å². The molecule has 3 rings (SSSR count). The van der Waals surface area contributed by atoms with Crippen LogP contribution in [0.2, 0.25) is 5.02 Å². The molecule has 9 heteroatoms. The molecule has 0 saturated carbocycles. The average molecular weight is 403 g/mol. The molecule has 0 atom stereocenters.